The van der Waals surface area contributed by atoms with Gasteiger partial charge in [0.1, 0.15) is 17.4 Å². The third kappa shape index (κ3) is 6.53. The second-order valence-corrected chi connectivity index (χ2v) is 5.28. The van der Waals surface area contributed by atoms with E-state index in [2.05, 4.69) is 5.32 Å². The highest BCUT2D eigenvalue weighted by Crippen LogP contribution is 2.14. The Morgan fingerprint density at radius 2 is 2.00 bits per heavy atom. The Labute approximate surface area is 142 Å². The van der Waals surface area contributed by atoms with E-state index in [1.165, 1.54) is 6.08 Å². The molecule has 0 fully saturated rings. The lowest BCUT2D eigenvalue weighted by Crippen LogP contribution is -2.35. The third-order valence-electron chi connectivity index (χ3n) is 3.23. The summed E-state index contributed by atoms with van der Waals surface area (Å²) in [5.41, 5.74) is 0.486. The van der Waals surface area contributed by atoms with Crippen molar-refractivity contribution in [2.45, 2.75) is 32.7 Å². The zero-order chi connectivity index (χ0) is 17.9. The van der Waals surface area contributed by atoms with E-state index >= 15 is 0 Å². The molecule has 0 aliphatic heterocycles. The Morgan fingerprint density at radius 3 is 2.54 bits per heavy atom. The van der Waals surface area contributed by atoms with Gasteiger partial charge in [0, 0.05) is 6.04 Å². The molecule has 0 radical (unpaired) electrons. The van der Waals surface area contributed by atoms with Crippen molar-refractivity contribution in [2.24, 2.45) is 0 Å². The van der Waals surface area contributed by atoms with Crippen molar-refractivity contribution in [3.63, 3.8) is 0 Å². The van der Waals surface area contributed by atoms with E-state index in [0.29, 0.717) is 11.3 Å². The number of nitrogens with one attached hydrogen (secondary N) is 1. The first-order valence-electron chi connectivity index (χ1n) is 7.72. The van der Waals surface area contributed by atoms with Gasteiger partial charge in [-0.25, -0.2) is 4.79 Å². The van der Waals surface area contributed by atoms with Crippen LogP contribution in [0, 0.1) is 11.3 Å². The van der Waals surface area contributed by atoms with Gasteiger partial charge in [-0.15, -0.1) is 0 Å². The maximum absolute atomic E-state index is 11.9. The smallest absolute Gasteiger partial charge is 0.349 e. The zero-order valence-electron chi connectivity index (χ0n) is 14.2. The summed E-state index contributed by atoms with van der Waals surface area (Å²) in [5, 5.41) is 11.8. The fourth-order valence-electron chi connectivity index (χ4n) is 2.03. The first-order chi connectivity index (χ1) is 11.5. The fourth-order valence-corrected chi connectivity index (χ4v) is 2.03. The Bertz CT molecular complexity index is 629. The van der Waals surface area contributed by atoms with Crippen molar-refractivity contribution in [2.75, 3.05) is 13.7 Å². The largest absolute Gasteiger partial charge is 0.497 e. The molecular formula is C18H22N2O4. The summed E-state index contributed by atoms with van der Waals surface area (Å²) in [6.07, 6.45) is 3.20. The molecule has 1 aromatic rings. The summed E-state index contributed by atoms with van der Waals surface area (Å²) in [6.45, 7) is 3.49. The van der Waals surface area contributed by atoms with E-state index in [1.54, 1.807) is 37.4 Å². The van der Waals surface area contributed by atoms with Crippen LogP contribution >= 0.6 is 0 Å². The molecule has 0 saturated carbocycles. The van der Waals surface area contributed by atoms with Gasteiger partial charge < -0.3 is 14.8 Å². The molecule has 0 unspecified atom stereocenters. The van der Waals surface area contributed by atoms with Crippen LogP contribution in [0.2, 0.25) is 0 Å². The molecule has 128 valence electrons. The second-order valence-electron chi connectivity index (χ2n) is 5.28. The number of esters is 1. The molecule has 0 bridgehead atoms. The van der Waals surface area contributed by atoms with Crippen molar-refractivity contribution in [3.8, 4) is 11.8 Å². The minimum Gasteiger partial charge on any atom is -0.497 e. The Kier molecular flexibility index (Phi) is 8.06. The van der Waals surface area contributed by atoms with Crippen LogP contribution < -0.4 is 10.1 Å². The van der Waals surface area contributed by atoms with Gasteiger partial charge in [-0.2, -0.15) is 5.26 Å². The van der Waals surface area contributed by atoms with E-state index in [9.17, 15) is 9.59 Å². The molecule has 0 saturated heterocycles. The number of nitriles is 1. The van der Waals surface area contributed by atoms with Crippen molar-refractivity contribution in [1.82, 2.24) is 5.32 Å². The Balaban J connectivity index is 2.61. The molecule has 0 aromatic heterocycles. The van der Waals surface area contributed by atoms with Crippen LogP contribution in [0.4, 0.5) is 0 Å². The van der Waals surface area contributed by atoms with E-state index < -0.39 is 12.6 Å². The van der Waals surface area contributed by atoms with Crippen molar-refractivity contribution in [1.29, 1.82) is 5.26 Å². The number of benzene rings is 1. The summed E-state index contributed by atoms with van der Waals surface area (Å²) in [5.74, 6) is -0.538. The van der Waals surface area contributed by atoms with E-state index in [-0.39, 0.29) is 17.5 Å². The predicted octanol–water partition coefficient (Wildman–Crippen LogP) is 2.45. The molecule has 1 amide bonds. The highest BCUT2D eigenvalue weighted by molar-refractivity contribution is 5.98. The Morgan fingerprint density at radius 1 is 1.33 bits per heavy atom. The first kappa shape index (κ1) is 19.2. The van der Waals surface area contributed by atoms with Crippen LogP contribution in [-0.4, -0.2) is 31.6 Å². The third-order valence-corrected chi connectivity index (χ3v) is 3.23. The van der Waals surface area contributed by atoms with Crippen LogP contribution in [0.25, 0.3) is 6.08 Å². The number of hydrogen-bond donors (Lipinski definition) is 1. The number of hydrogen-bond acceptors (Lipinski definition) is 5. The molecule has 1 N–H and O–H groups in total. The monoisotopic (exact) mass is 330 g/mol. The maximum atomic E-state index is 11.9. The summed E-state index contributed by atoms with van der Waals surface area (Å²) < 4.78 is 9.93. The summed E-state index contributed by atoms with van der Waals surface area (Å²) in [6, 6.07) is 8.66. The average molecular weight is 330 g/mol. The van der Waals surface area contributed by atoms with Crippen LogP contribution in [0.1, 0.15) is 32.3 Å². The lowest BCUT2D eigenvalue weighted by Gasteiger charge is -2.12. The lowest BCUT2D eigenvalue weighted by atomic mass is 10.1. The van der Waals surface area contributed by atoms with Gasteiger partial charge >= 0.3 is 5.97 Å². The molecule has 0 aliphatic carbocycles. The highest BCUT2D eigenvalue weighted by Gasteiger charge is 2.14. The standard InChI is InChI=1S/C18H22N2O4/c1-4-5-13(2)20-17(21)12-24-18(22)15(11-19)10-14-6-8-16(23-3)9-7-14/h6-10,13H,4-5,12H2,1-3H3,(H,20,21)/b15-10+/t13-/m1/s1. The fraction of sp³-hybridized carbons (Fsp3) is 0.389. The quantitative estimate of drug-likeness (QED) is 0.449. The van der Waals surface area contributed by atoms with Crippen molar-refractivity contribution >= 4 is 18.0 Å². The molecule has 24 heavy (non-hydrogen) atoms. The summed E-state index contributed by atoms with van der Waals surface area (Å²) >= 11 is 0. The molecule has 0 aliphatic rings. The van der Waals surface area contributed by atoms with Crippen molar-refractivity contribution < 1.29 is 19.1 Å². The normalized spacial score (nSPS) is 12.0. The predicted molar refractivity (Wildman–Crippen MR) is 90.1 cm³/mol. The minimum absolute atomic E-state index is 0.0199. The summed E-state index contributed by atoms with van der Waals surface area (Å²) in [4.78, 5) is 23.6. The summed E-state index contributed by atoms with van der Waals surface area (Å²) in [7, 11) is 1.55. The zero-order valence-corrected chi connectivity index (χ0v) is 14.2. The molecule has 6 nitrogen and oxygen atoms in total. The van der Waals surface area contributed by atoms with Crippen LogP contribution in [0.3, 0.4) is 0 Å². The van der Waals surface area contributed by atoms with E-state index in [0.717, 1.165) is 12.8 Å². The number of amides is 1. The van der Waals surface area contributed by atoms with Gasteiger partial charge in [-0.05, 0) is 37.1 Å². The average Bonchev–Trinajstić information content (AvgIpc) is 2.58. The van der Waals surface area contributed by atoms with Crippen LogP contribution in [0.5, 0.6) is 5.75 Å². The van der Waals surface area contributed by atoms with Gasteiger partial charge in [0.2, 0.25) is 0 Å². The molecule has 6 heteroatoms. The first-order valence-corrected chi connectivity index (χ1v) is 7.72. The topological polar surface area (TPSA) is 88.4 Å². The van der Waals surface area contributed by atoms with Gasteiger partial charge in [-0.1, -0.05) is 25.5 Å². The lowest BCUT2D eigenvalue weighted by molar-refractivity contribution is -0.144. The maximum Gasteiger partial charge on any atom is 0.349 e. The van der Waals surface area contributed by atoms with E-state index in [4.69, 9.17) is 14.7 Å². The molecule has 0 heterocycles. The number of carbonyl (C=O) groups is 2. The minimum atomic E-state index is -0.827. The highest BCUT2D eigenvalue weighted by atomic mass is 16.5. The SMILES string of the molecule is CCC[C@@H](C)NC(=O)COC(=O)/C(C#N)=C/c1ccc(OC)cc1. The number of nitrogens with zero attached hydrogens (tertiary/aromatic N) is 1. The number of ether oxygens (including phenoxy) is 2. The molecule has 0 spiro atoms. The van der Waals surface area contributed by atoms with E-state index in [1.807, 2.05) is 13.8 Å². The number of methoxy groups -OCH3 is 1. The number of carbonyl (C=O) groups excluding carboxylic acids is 2. The van der Waals surface area contributed by atoms with Gasteiger partial charge in [0.25, 0.3) is 5.91 Å². The Hall–Kier alpha value is -2.81. The van der Waals surface area contributed by atoms with Crippen LogP contribution in [-0.2, 0) is 14.3 Å². The van der Waals surface area contributed by atoms with Gasteiger partial charge in [-0.3, -0.25) is 4.79 Å². The van der Waals surface area contributed by atoms with Crippen molar-refractivity contribution in [3.05, 3.63) is 35.4 Å². The van der Waals surface area contributed by atoms with Gasteiger partial charge in [0.15, 0.2) is 6.61 Å². The molecular weight excluding hydrogens is 308 g/mol. The molecule has 1 rings (SSSR count). The van der Waals surface area contributed by atoms with Gasteiger partial charge in [0.05, 0.1) is 7.11 Å². The molecule has 1 aromatic carbocycles. The van der Waals surface area contributed by atoms with Crippen LogP contribution in [0.15, 0.2) is 29.8 Å². The number of rotatable bonds is 8. The second kappa shape index (κ2) is 10.1. The molecule has 1 atom stereocenters.